The summed E-state index contributed by atoms with van der Waals surface area (Å²) < 4.78 is 1.90. The number of imidazole rings is 1. The maximum Gasteiger partial charge on any atom is 0.143 e. The summed E-state index contributed by atoms with van der Waals surface area (Å²) in [6, 6.07) is 1.87. The number of hydrogen-bond acceptors (Lipinski definition) is 6. The molecule has 0 aliphatic rings. The highest BCUT2D eigenvalue weighted by Gasteiger charge is 2.03. The summed E-state index contributed by atoms with van der Waals surface area (Å²) in [5.41, 5.74) is 0.992. The van der Waals surface area contributed by atoms with Crippen LogP contribution in [0.2, 0.25) is 0 Å². The second-order valence-corrected chi connectivity index (χ2v) is 4.21. The number of aromatic nitrogens is 6. The van der Waals surface area contributed by atoms with Crippen LogP contribution in [-0.2, 0) is 6.54 Å². The van der Waals surface area contributed by atoms with Crippen LogP contribution in [0.3, 0.4) is 0 Å². The fraction of sp³-hybridized carbons (Fsp3) is 0.154. The summed E-state index contributed by atoms with van der Waals surface area (Å²) in [6.45, 7) is 2.54. The van der Waals surface area contributed by atoms with E-state index in [1.807, 2.05) is 23.8 Å². The molecule has 0 aliphatic carbocycles. The second kappa shape index (κ2) is 5.43. The maximum absolute atomic E-state index is 4.24. The molecular formula is C13H13N7. The van der Waals surface area contributed by atoms with Crippen LogP contribution < -0.4 is 5.32 Å². The Balaban J connectivity index is 1.77. The van der Waals surface area contributed by atoms with Crippen molar-refractivity contribution < 1.29 is 0 Å². The first-order valence-corrected chi connectivity index (χ1v) is 6.13. The molecule has 3 aromatic heterocycles. The van der Waals surface area contributed by atoms with Crippen molar-refractivity contribution in [2.45, 2.75) is 13.5 Å². The van der Waals surface area contributed by atoms with E-state index in [4.69, 9.17) is 0 Å². The molecule has 3 heterocycles. The third-order valence-electron chi connectivity index (χ3n) is 2.81. The molecule has 0 saturated heterocycles. The van der Waals surface area contributed by atoms with Gasteiger partial charge in [-0.1, -0.05) is 0 Å². The first-order chi connectivity index (χ1) is 9.83. The third-order valence-corrected chi connectivity index (χ3v) is 2.81. The average molecular weight is 267 g/mol. The Morgan fingerprint density at radius 3 is 2.70 bits per heavy atom. The van der Waals surface area contributed by atoms with Crippen molar-refractivity contribution in [3.8, 4) is 5.82 Å². The van der Waals surface area contributed by atoms with Crippen molar-refractivity contribution >= 4 is 5.82 Å². The maximum atomic E-state index is 4.24. The van der Waals surface area contributed by atoms with Crippen molar-refractivity contribution in [3.05, 3.63) is 54.9 Å². The molecule has 100 valence electrons. The van der Waals surface area contributed by atoms with Crippen LogP contribution in [0.4, 0.5) is 5.82 Å². The minimum Gasteiger partial charge on any atom is -0.366 e. The molecule has 3 aromatic rings. The monoisotopic (exact) mass is 267 g/mol. The van der Waals surface area contributed by atoms with E-state index >= 15 is 0 Å². The van der Waals surface area contributed by atoms with Crippen molar-refractivity contribution in [1.82, 2.24) is 29.5 Å². The van der Waals surface area contributed by atoms with Gasteiger partial charge in [0.05, 0.1) is 0 Å². The van der Waals surface area contributed by atoms with E-state index in [0.29, 0.717) is 6.54 Å². The van der Waals surface area contributed by atoms with Gasteiger partial charge in [0, 0.05) is 43.0 Å². The number of anilines is 1. The third kappa shape index (κ3) is 2.61. The van der Waals surface area contributed by atoms with Gasteiger partial charge in [-0.25, -0.2) is 24.9 Å². The minimum absolute atomic E-state index is 0.611. The van der Waals surface area contributed by atoms with Crippen molar-refractivity contribution in [1.29, 1.82) is 0 Å². The Labute approximate surface area is 115 Å². The molecule has 0 aromatic carbocycles. The van der Waals surface area contributed by atoms with Gasteiger partial charge in [0.1, 0.15) is 30.1 Å². The molecule has 7 nitrogen and oxygen atoms in total. The predicted octanol–water partition coefficient (Wildman–Crippen LogP) is 1.37. The summed E-state index contributed by atoms with van der Waals surface area (Å²) in [6.07, 6.45) is 10.2. The lowest BCUT2D eigenvalue weighted by atomic mass is 10.3. The van der Waals surface area contributed by atoms with Gasteiger partial charge in [-0.2, -0.15) is 0 Å². The molecule has 0 fully saturated rings. The highest BCUT2D eigenvalue weighted by atomic mass is 15.1. The van der Waals surface area contributed by atoms with Crippen LogP contribution >= 0.6 is 0 Å². The second-order valence-electron chi connectivity index (χ2n) is 4.21. The van der Waals surface area contributed by atoms with Crippen molar-refractivity contribution in [2.24, 2.45) is 0 Å². The Bertz CT molecular complexity index is 693. The van der Waals surface area contributed by atoms with Crippen LogP contribution in [0.15, 0.2) is 43.5 Å². The van der Waals surface area contributed by atoms with Gasteiger partial charge in [-0.05, 0) is 6.92 Å². The number of nitrogens with one attached hydrogen (secondary N) is 1. The molecular weight excluding hydrogens is 254 g/mol. The molecule has 0 radical (unpaired) electrons. The zero-order valence-electron chi connectivity index (χ0n) is 10.9. The Morgan fingerprint density at radius 2 is 1.95 bits per heavy atom. The average Bonchev–Trinajstić information content (AvgIpc) is 2.93. The van der Waals surface area contributed by atoms with Crippen LogP contribution in [0.1, 0.15) is 11.4 Å². The molecule has 0 aliphatic heterocycles. The van der Waals surface area contributed by atoms with Crippen molar-refractivity contribution in [3.63, 3.8) is 0 Å². The summed E-state index contributed by atoms with van der Waals surface area (Å²) in [4.78, 5) is 20.6. The lowest BCUT2D eigenvalue weighted by Gasteiger charge is -2.07. The fourth-order valence-corrected chi connectivity index (χ4v) is 1.81. The number of rotatable bonds is 4. The Kier molecular flexibility index (Phi) is 3.32. The zero-order valence-corrected chi connectivity index (χ0v) is 10.9. The van der Waals surface area contributed by atoms with Gasteiger partial charge in [0.25, 0.3) is 0 Å². The van der Waals surface area contributed by atoms with Gasteiger partial charge in [0.15, 0.2) is 0 Å². The van der Waals surface area contributed by atoms with Crippen LogP contribution in [-0.4, -0.2) is 29.5 Å². The van der Waals surface area contributed by atoms with Crippen molar-refractivity contribution in [2.75, 3.05) is 5.32 Å². The first kappa shape index (κ1) is 12.2. The van der Waals surface area contributed by atoms with Gasteiger partial charge >= 0.3 is 0 Å². The van der Waals surface area contributed by atoms with Gasteiger partial charge < -0.3 is 5.32 Å². The Hall–Kier alpha value is -2.83. The molecule has 7 heteroatoms. The van der Waals surface area contributed by atoms with E-state index in [-0.39, 0.29) is 0 Å². The molecule has 1 N–H and O–H groups in total. The minimum atomic E-state index is 0.611. The Morgan fingerprint density at radius 1 is 1.10 bits per heavy atom. The number of hydrogen-bond donors (Lipinski definition) is 1. The number of nitrogens with zero attached hydrogens (tertiary/aromatic N) is 6. The van der Waals surface area contributed by atoms with Crippen LogP contribution in [0, 0.1) is 6.92 Å². The normalized spacial score (nSPS) is 10.4. The number of aryl methyl sites for hydroxylation is 1. The molecule has 0 bridgehead atoms. The van der Waals surface area contributed by atoms with Crippen LogP contribution in [0.5, 0.6) is 0 Å². The quantitative estimate of drug-likeness (QED) is 0.769. The van der Waals surface area contributed by atoms with E-state index in [0.717, 1.165) is 23.0 Å². The smallest absolute Gasteiger partial charge is 0.143 e. The SMILES string of the molecule is Cc1nccn1-c1cc(NCc2cncnc2)ncn1. The van der Waals surface area contributed by atoms with Gasteiger partial charge in [0.2, 0.25) is 0 Å². The molecule has 3 rings (SSSR count). The lowest BCUT2D eigenvalue weighted by Crippen LogP contribution is -2.05. The molecule has 20 heavy (non-hydrogen) atoms. The summed E-state index contributed by atoms with van der Waals surface area (Å²) in [7, 11) is 0. The van der Waals surface area contributed by atoms with E-state index < -0.39 is 0 Å². The van der Waals surface area contributed by atoms with Gasteiger partial charge in [-0.3, -0.25) is 4.57 Å². The standard InChI is InChI=1S/C13H13N7/c1-10-16-2-3-20(10)13-4-12(18-9-19-13)17-7-11-5-14-8-15-6-11/h2-6,8-9H,7H2,1H3,(H,17,18,19). The molecule has 0 atom stereocenters. The van der Waals surface area contributed by atoms with E-state index in [9.17, 15) is 0 Å². The fourth-order valence-electron chi connectivity index (χ4n) is 1.81. The molecule has 0 saturated carbocycles. The molecule has 0 unspecified atom stereocenters. The molecule has 0 spiro atoms. The highest BCUT2D eigenvalue weighted by molar-refractivity contribution is 5.41. The largest absolute Gasteiger partial charge is 0.366 e. The summed E-state index contributed by atoms with van der Waals surface area (Å²) in [5, 5.41) is 3.22. The summed E-state index contributed by atoms with van der Waals surface area (Å²) in [5.74, 6) is 2.40. The van der Waals surface area contributed by atoms with E-state index in [1.54, 1.807) is 18.6 Å². The lowest BCUT2D eigenvalue weighted by molar-refractivity contribution is 0.917. The predicted molar refractivity (Wildman–Crippen MR) is 73.2 cm³/mol. The molecule has 0 amide bonds. The van der Waals surface area contributed by atoms with E-state index in [1.165, 1.54) is 12.7 Å². The zero-order chi connectivity index (χ0) is 13.8. The highest BCUT2D eigenvalue weighted by Crippen LogP contribution is 2.11. The summed E-state index contributed by atoms with van der Waals surface area (Å²) >= 11 is 0. The van der Waals surface area contributed by atoms with Crippen LogP contribution in [0.25, 0.3) is 5.82 Å². The van der Waals surface area contributed by atoms with E-state index in [2.05, 4.69) is 30.2 Å². The first-order valence-electron chi connectivity index (χ1n) is 6.13. The topological polar surface area (TPSA) is 81.4 Å². The van der Waals surface area contributed by atoms with Gasteiger partial charge in [-0.15, -0.1) is 0 Å².